The molecule has 0 aliphatic carbocycles. The van der Waals surface area contributed by atoms with E-state index in [0.29, 0.717) is 0 Å². The van der Waals surface area contributed by atoms with Crippen LogP contribution in [0.25, 0.3) is 10.8 Å². The second kappa shape index (κ2) is 9.16. The van der Waals surface area contributed by atoms with Crippen LogP contribution in [-0.2, 0) is 24.3 Å². The molecule has 0 saturated carbocycles. The van der Waals surface area contributed by atoms with Crippen LogP contribution in [0.15, 0.2) is 47.4 Å². The lowest BCUT2D eigenvalue weighted by Gasteiger charge is -2.30. The molecule has 2 rings (SSSR count). The lowest BCUT2D eigenvalue weighted by atomic mass is 10.1. The Bertz CT molecular complexity index is 946. The van der Waals surface area contributed by atoms with Gasteiger partial charge in [0.05, 0.1) is 4.90 Å². The third-order valence-corrected chi connectivity index (χ3v) is 5.59. The summed E-state index contributed by atoms with van der Waals surface area (Å²) in [5.74, 6) is -1.14. The number of fused-ring (bicyclic) bond motifs is 1. The second-order valence-corrected chi connectivity index (χ2v) is 8.75. The molecule has 2 aromatic rings. The lowest BCUT2D eigenvalue weighted by Crippen LogP contribution is -2.44. The van der Waals surface area contributed by atoms with Gasteiger partial charge in [-0.15, -0.1) is 0 Å². The number of hydrogen-bond acceptors (Lipinski definition) is 5. The van der Waals surface area contributed by atoms with Gasteiger partial charge in [-0.25, -0.2) is 8.42 Å². The lowest BCUT2D eigenvalue weighted by molar-refractivity contribution is -0.152. The van der Waals surface area contributed by atoms with E-state index in [9.17, 15) is 18.0 Å². The standard InChI is InChI=1S/C20H26N2O5S/c1-14(2)22(15(3)4)19(23)13-27-20(24)12-21-28(25,26)18-10-9-16-7-5-6-8-17(16)11-18/h5-11,14-15,21H,12-13H2,1-4H3. The average Bonchev–Trinajstić information content (AvgIpc) is 2.63. The zero-order chi connectivity index (χ0) is 20.9. The van der Waals surface area contributed by atoms with Crippen molar-refractivity contribution < 1.29 is 22.7 Å². The summed E-state index contributed by atoms with van der Waals surface area (Å²) in [7, 11) is -3.87. The van der Waals surface area contributed by atoms with Crippen LogP contribution in [0.1, 0.15) is 27.7 Å². The number of esters is 1. The van der Waals surface area contributed by atoms with Gasteiger partial charge in [0.1, 0.15) is 6.54 Å². The van der Waals surface area contributed by atoms with E-state index in [4.69, 9.17) is 4.74 Å². The molecular formula is C20H26N2O5S. The molecular weight excluding hydrogens is 380 g/mol. The highest BCUT2D eigenvalue weighted by atomic mass is 32.2. The summed E-state index contributed by atoms with van der Waals surface area (Å²) in [4.78, 5) is 25.7. The zero-order valence-corrected chi connectivity index (χ0v) is 17.3. The van der Waals surface area contributed by atoms with Gasteiger partial charge in [-0.1, -0.05) is 30.3 Å². The molecule has 0 aliphatic rings. The van der Waals surface area contributed by atoms with Crippen LogP contribution in [0.4, 0.5) is 0 Å². The van der Waals surface area contributed by atoms with Gasteiger partial charge in [-0.3, -0.25) is 9.59 Å². The summed E-state index contributed by atoms with van der Waals surface area (Å²) in [6, 6.07) is 12.0. The van der Waals surface area contributed by atoms with E-state index in [2.05, 4.69) is 4.72 Å². The maximum Gasteiger partial charge on any atom is 0.321 e. The topological polar surface area (TPSA) is 92.8 Å². The van der Waals surface area contributed by atoms with Crippen molar-refractivity contribution in [1.29, 1.82) is 0 Å². The fourth-order valence-electron chi connectivity index (χ4n) is 3.01. The molecule has 0 atom stereocenters. The Hall–Kier alpha value is -2.45. The van der Waals surface area contributed by atoms with E-state index in [1.807, 2.05) is 52.0 Å². The number of sulfonamides is 1. The molecule has 1 amide bonds. The van der Waals surface area contributed by atoms with Gasteiger partial charge >= 0.3 is 5.97 Å². The highest BCUT2D eigenvalue weighted by Gasteiger charge is 2.22. The van der Waals surface area contributed by atoms with Crippen LogP contribution in [0.3, 0.4) is 0 Å². The number of nitrogens with zero attached hydrogens (tertiary/aromatic N) is 1. The summed E-state index contributed by atoms with van der Waals surface area (Å²) in [5.41, 5.74) is 0. The van der Waals surface area contributed by atoms with Crippen LogP contribution < -0.4 is 4.72 Å². The number of hydrogen-bond donors (Lipinski definition) is 1. The number of rotatable bonds is 8. The Morgan fingerprint density at radius 1 is 1.00 bits per heavy atom. The van der Waals surface area contributed by atoms with E-state index < -0.39 is 29.1 Å². The number of amides is 1. The van der Waals surface area contributed by atoms with E-state index >= 15 is 0 Å². The molecule has 0 spiro atoms. The van der Waals surface area contributed by atoms with Gasteiger partial charge in [-0.2, -0.15) is 4.72 Å². The zero-order valence-electron chi connectivity index (χ0n) is 16.5. The van der Waals surface area contributed by atoms with Crippen molar-refractivity contribution in [3.8, 4) is 0 Å². The van der Waals surface area contributed by atoms with Crippen molar-refractivity contribution in [2.45, 2.75) is 44.7 Å². The van der Waals surface area contributed by atoms with Gasteiger partial charge in [-0.05, 0) is 50.6 Å². The fourth-order valence-corrected chi connectivity index (χ4v) is 4.02. The molecule has 0 saturated heterocycles. The third kappa shape index (κ3) is 5.53. The summed E-state index contributed by atoms with van der Waals surface area (Å²) < 4.78 is 32.0. The Labute approximate surface area is 165 Å². The number of carbonyl (C=O) groups is 2. The van der Waals surface area contributed by atoms with Crippen molar-refractivity contribution in [2.75, 3.05) is 13.2 Å². The van der Waals surface area contributed by atoms with Gasteiger partial charge in [0.2, 0.25) is 10.0 Å². The molecule has 0 radical (unpaired) electrons. The first-order chi connectivity index (χ1) is 13.1. The fraction of sp³-hybridized carbons (Fsp3) is 0.400. The number of carbonyl (C=O) groups excluding carboxylic acids is 2. The molecule has 0 unspecified atom stereocenters. The monoisotopic (exact) mass is 406 g/mol. The molecule has 0 heterocycles. The first kappa shape index (κ1) is 21.8. The molecule has 8 heteroatoms. The molecule has 0 fully saturated rings. The highest BCUT2D eigenvalue weighted by Crippen LogP contribution is 2.18. The average molecular weight is 407 g/mol. The molecule has 2 aromatic carbocycles. The predicted molar refractivity (Wildman–Crippen MR) is 107 cm³/mol. The Morgan fingerprint density at radius 2 is 1.61 bits per heavy atom. The summed E-state index contributed by atoms with van der Waals surface area (Å²) in [6.07, 6.45) is 0. The SMILES string of the molecule is CC(C)N(C(=O)COC(=O)CNS(=O)(=O)c1ccc2ccccc2c1)C(C)C. The summed E-state index contributed by atoms with van der Waals surface area (Å²) in [6.45, 7) is 6.52. The number of nitrogens with one attached hydrogen (secondary N) is 1. The molecule has 1 N–H and O–H groups in total. The van der Waals surface area contributed by atoms with Crippen molar-refractivity contribution in [3.63, 3.8) is 0 Å². The molecule has 7 nitrogen and oxygen atoms in total. The first-order valence-electron chi connectivity index (χ1n) is 9.07. The van der Waals surface area contributed by atoms with Crippen molar-refractivity contribution >= 4 is 32.7 Å². The minimum atomic E-state index is -3.87. The number of benzene rings is 2. The summed E-state index contributed by atoms with van der Waals surface area (Å²) >= 11 is 0. The predicted octanol–water partition coefficient (Wildman–Crippen LogP) is 2.31. The summed E-state index contributed by atoms with van der Waals surface area (Å²) in [5, 5.41) is 1.69. The normalized spacial score (nSPS) is 11.8. The minimum Gasteiger partial charge on any atom is -0.455 e. The number of ether oxygens (including phenoxy) is 1. The van der Waals surface area contributed by atoms with Crippen LogP contribution in [0, 0.1) is 0 Å². The largest absolute Gasteiger partial charge is 0.455 e. The van der Waals surface area contributed by atoms with Gasteiger partial charge < -0.3 is 9.64 Å². The van der Waals surface area contributed by atoms with Gasteiger partial charge in [0, 0.05) is 12.1 Å². The first-order valence-corrected chi connectivity index (χ1v) is 10.6. The Kier molecular flexibility index (Phi) is 7.15. The van der Waals surface area contributed by atoms with Crippen LogP contribution in [0.2, 0.25) is 0 Å². The van der Waals surface area contributed by atoms with Crippen LogP contribution >= 0.6 is 0 Å². The van der Waals surface area contributed by atoms with Crippen molar-refractivity contribution in [3.05, 3.63) is 42.5 Å². The second-order valence-electron chi connectivity index (χ2n) is 6.98. The molecule has 152 valence electrons. The van der Waals surface area contributed by atoms with Gasteiger partial charge in [0.25, 0.3) is 5.91 Å². The molecule has 0 aliphatic heterocycles. The van der Waals surface area contributed by atoms with Crippen molar-refractivity contribution in [2.24, 2.45) is 0 Å². The van der Waals surface area contributed by atoms with E-state index in [0.717, 1.165) is 10.8 Å². The van der Waals surface area contributed by atoms with E-state index in [-0.39, 0.29) is 22.9 Å². The smallest absolute Gasteiger partial charge is 0.321 e. The third-order valence-electron chi connectivity index (χ3n) is 4.20. The molecule has 28 heavy (non-hydrogen) atoms. The van der Waals surface area contributed by atoms with Crippen molar-refractivity contribution in [1.82, 2.24) is 9.62 Å². The Balaban J connectivity index is 1.94. The van der Waals surface area contributed by atoms with Crippen LogP contribution in [-0.4, -0.2) is 50.4 Å². The van der Waals surface area contributed by atoms with E-state index in [1.54, 1.807) is 11.0 Å². The maximum atomic E-state index is 12.4. The van der Waals surface area contributed by atoms with E-state index in [1.165, 1.54) is 12.1 Å². The quantitative estimate of drug-likeness (QED) is 0.679. The minimum absolute atomic E-state index is 0.0300. The Morgan fingerprint density at radius 3 is 2.21 bits per heavy atom. The van der Waals surface area contributed by atoms with Crippen LogP contribution in [0.5, 0.6) is 0 Å². The maximum absolute atomic E-state index is 12.4. The molecule has 0 bridgehead atoms. The van der Waals surface area contributed by atoms with Gasteiger partial charge in [0.15, 0.2) is 6.61 Å². The highest BCUT2D eigenvalue weighted by molar-refractivity contribution is 7.89. The molecule has 0 aromatic heterocycles.